The lowest BCUT2D eigenvalue weighted by Gasteiger charge is -2.09. The summed E-state index contributed by atoms with van der Waals surface area (Å²) in [5.41, 5.74) is 4.09. The summed E-state index contributed by atoms with van der Waals surface area (Å²) >= 11 is 0. The molecule has 8 heteroatoms. The van der Waals surface area contributed by atoms with Crippen LogP contribution in [0.2, 0.25) is 0 Å². The van der Waals surface area contributed by atoms with Gasteiger partial charge in [0, 0.05) is 35.6 Å². The minimum atomic E-state index is -0.502. The molecule has 5 rings (SSSR count). The second-order valence-corrected chi connectivity index (χ2v) is 7.34. The standard InChI is InChI=1S/C22H21FN6O/c1-2-30-18-8-6-16(11-24-18)28-17-7-5-14(21(23)29-17)9-15-10-25-22-19(15)20(13-3-4-13)26-12-27-22/h5-8,10-13H,2-4,9H2,1H3,(H,28,29)(H,25,26,27). The van der Waals surface area contributed by atoms with Crippen LogP contribution in [0.1, 0.15) is 42.5 Å². The minimum Gasteiger partial charge on any atom is -0.478 e. The van der Waals surface area contributed by atoms with Gasteiger partial charge in [0.05, 0.1) is 24.2 Å². The van der Waals surface area contributed by atoms with E-state index < -0.39 is 5.95 Å². The first-order chi connectivity index (χ1) is 14.7. The van der Waals surface area contributed by atoms with Crippen molar-refractivity contribution in [3.05, 3.63) is 65.8 Å². The van der Waals surface area contributed by atoms with Gasteiger partial charge in [-0.25, -0.2) is 19.9 Å². The summed E-state index contributed by atoms with van der Waals surface area (Å²) < 4.78 is 20.1. The van der Waals surface area contributed by atoms with Gasteiger partial charge in [-0.3, -0.25) is 0 Å². The third-order valence-electron chi connectivity index (χ3n) is 5.15. The van der Waals surface area contributed by atoms with Gasteiger partial charge in [-0.2, -0.15) is 4.39 Å². The summed E-state index contributed by atoms with van der Waals surface area (Å²) in [6, 6.07) is 7.10. The number of halogens is 1. The first-order valence-corrected chi connectivity index (χ1v) is 10.0. The monoisotopic (exact) mass is 404 g/mol. The summed E-state index contributed by atoms with van der Waals surface area (Å²) in [5.74, 6) is 0.953. The molecule has 0 bridgehead atoms. The summed E-state index contributed by atoms with van der Waals surface area (Å²) in [7, 11) is 0. The quantitative estimate of drug-likeness (QED) is 0.441. The molecule has 4 aromatic rings. The molecule has 0 unspecified atom stereocenters. The number of pyridine rings is 2. The van der Waals surface area contributed by atoms with E-state index in [4.69, 9.17) is 4.74 Å². The van der Waals surface area contributed by atoms with Crippen LogP contribution in [-0.2, 0) is 6.42 Å². The maximum Gasteiger partial charge on any atom is 0.218 e. The minimum absolute atomic E-state index is 0.420. The Morgan fingerprint density at radius 3 is 2.77 bits per heavy atom. The summed E-state index contributed by atoms with van der Waals surface area (Å²) in [4.78, 5) is 20.2. The summed E-state index contributed by atoms with van der Waals surface area (Å²) in [5, 5.41) is 4.08. The van der Waals surface area contributed by atoms with Crippen molar-refractivity contribution in [3.63, 3.8) is 0 Å². The lowest BCUT2D eigenvalue weighted by Crippen LogP contribution is -2.01. The van der Waals surface area contributed by atoms with Crippen molar-refractivity contribution in [3.8, 4) is 5.88 Å². The molecule has 0 atom stereocenters. The number of aromatic amines is 1. The van der Waals surface area contributed by atoms with Gasteiger partial charge in [0.25, 0.3) is 0 Å². The van der Waals surface area contributed by atoms with Crippen molar-refractivity contribution in [1.29, 1.82) is 0 Å². The highest BCUT2D eigenvalue weighted by atomic mass is 19.1. The van der Waals surface area contributed by atoms with Gasteiger partial charge in [0.2, 0.25) is 11.8 Å². The Morgan fingerprint density at radius 2 is 2.03 bits per heavy atom. The molecule has 152 valence electrons. The lowest BCUT2D eigenvalue weighted by atomic mass is 10.0. The van der Waals surface area contributed by atoms with Crippen molar-refractivity contribution >= 4 is 22.5 Å². The summed E-state index contributed by atoms with van der Waals surface area (Å²) in [6.45, 7) is 2.46. The Labute approximate surface area is 172 Å². The third kappa shape index (κ3) is 3.68. The Morgan fingerprint density at radius 1 is 1.13 bits per heavy atom. The van der Waals surface area contributed by atoms with E-state index in [9.17, 15) is 4.39 Å². The molecule has 0 amide bonds. The van der Waals surface area contributed by atoms with Gasteiger partial charge < -0.3 is 15.0 Å². The summed E-state index contributed by atoms with van der Waals surface area (Å²) in [6.07, 6.45) is 7.83. The highest BCUT2D eigenvalue weighted by molar-refractivity contribution is 5.83. The fourth-order valence-corrected chi connectivity index (χ4v) is 3.56. The Bertz CT molecular complexity index is 1190. The molecule has 2 N–H and O–H groups in total. The van der Waals surface area contributed by atoms with Crippen LogP contribution < -0.4 is 10.1 Å². The van der Waals surface area contributed by atoms with Gasteiger partial charge in [0.15, 0.2) is 0 Å². The van der Waals surface area contributed by atoms with E-state index in [1.807, 2.05) is 19.2 Å². The van der Waals surface area contributed by atoms with Crippen LogP contribution in [0.5, 0.6) is 5.88 Å². The van der Waals surface area contributed by atoms with Crippen LogP contribution in [0.4, 0.5) is 15.9 Å². The molecule has 0 radical (unpaired) electrons. The van der Waals surface area contributed by atoms with Crippen LogP contribution in [0.3, 0.4) is 0 Å². The molecule has 1 aliphatic rings. The second kappa shape index (κ2) is 7.70. The van der Waals surface area contributed by atoms with E-state index in [2.05, 4.69) is 30.2 Å². The number of anilines is 2. The van der Waals surface area contributed by atoms with Crippen LogP contribution in [0.25, 0.3) is 11.0 Å². The molecular weight excluding hydrogens is 383 g/mol. The Hall–Kier alpha value is -3.55. The maximum atomic E-state index is 14.8. The third-order valence-corrected chi connectivity index (χ3v) is 5.15. The van der Waals surface area contributed by atoms with E-state index in [0.29, 0.717) is 41.9 Å². The number of rotatable bonds is 7. The fourth-order valence-electron chi connectivity index (χ4n) is 3.56. The molecule has 4 heterocycles. The number of nitrogens with one attached hydrogen (secondary N) is 2. The highest BCUT2D eigenvalue weighted by Crippen LogP contribution is 2.42. The van der Waals surface area contributed by atoms with E-state index in [0.717, 1.165) is 35.1 Å². The van der Waals surface area contributed by atoms with Gasteiger partial charge >= 0.3 is 0 Å². The smallest absolute Gasteiger partial charge is 0.218 e. The van der Waals surface area contributed by atoms with Crippen LogP contribution in [0, 0.1) is 5.95 Å². The van der Waals surface area contributed by atoms with Crippen LogP contribution in [-0.4, -0.2) is 31.5 Å². The molecule has 1 saturated carbocycles. The number of ether oxygens (including phenoxy) is 1. The van der Waals surface area contributed by atoms with Crippen LogP contribution in [0.15, 0.2) is 43.0 Å². The van der Waals surface area contributed by atoms with Gasteiger partial charge in [-0.05, 0) is 37.5 Å². The van der Waals surface area contributed by atoms with Crippen molar-refractivity contribution in [2.75, 3.05) is 11.9 Å². The molecule has 4 aromatic heterocycles. The SMILES string of the molecule is CCOc1ccc(Nc2ccc(Cc3c[nH]c4ncnc(C5CC5)c34)c(F)n2)cn1. The Balaban J connectivity index is 1.36. The van der Waals surface area contributed by atoms with Crippen molar-refractivity contribution in [2.45, 2.75) is 32.1 Å². The predicted octanol–water partition coefficient (Wildman–Crippen LogP) is 4.50. The molecule has 1 fully saturated rings. The van der Waals surface area contributed by atoms with E-state index >= 15 is 0 Å². The van der Waals surface area contributed by atoms with Gasteiger partial charge in [0.1, 0.15) is 17.8 Å². The molecule has 30 heavy (non-hydrogen) atoms. The Kier molecular flexibility index (Phi) is 4.74. The number of aromatic nitrogens is 5. The molecule has 1 aliphatic carbocycles. The number of hydrogen-bond donors (Lipinski definition) is 2. The second-order valence-electron chi connectivity index (χ2n) is 7.34. The number of hydrogen-bond acceptors (Lipinski definition) is 6. The molecule has 0 aliphatic heterocycles. The zero-order valence-electron chi connectivity index (χ0n) is 16.5. The van der Waals surface area contributed by atoms with Crippen molar-refractivity contribution in [2.24, 2.45) is 0 Å². The lowest BCUT2D eigenvalue weighted by molar-refractivity contribution is 0.327. The maximum absolute atomic E-state index is 14.8. The number of H-pyrrole nitrogens is 1. The predicted molar refractivity (Wildman–Crippen MR) is 112 cm³/mol. The van der Waals surface area contributed by atoms with Gasteiger partial charge in [-0.1, -0.05) is 6.07 Å². The molecule has 0 saturated heterocycles. The fraction of sp³-hybridized carbons (Fsp3) is 0.273. The van der Waals surface area contributed by atoms with E-state index in [1.54, 1.807) is 30.7 Å². The number of nitrogens with zero attached hydrogens (tertiary/aromatic N) is 4. The molecule has 0 spiro atoms. The van der Waals surface area contributed by atoms with Crippen molar-refractivity contribution in [1.82, 2.24) is 24.9 Å². The normalized spacial score (nSPS) is 13.5. The largest absolute Gasteiger partial charge is 0.478 e. The molecule has 7 nitrogen and oxygen atoms in total. The zero-order chi connectivity index (χ0) is 20.5. The van der Waals surface area contributed by atoms with Gasteiger partial charge in [-0.15, -0.1) is 0 Å². The number of fused-ring (bicyclic) bond motifs is 1. The zero-order valence-corrected chi connectivity index (χ0v) is 16.5. The first-order valence-electron chi connectivity index (χ1n) is 10.0. The van der Waals surface area contributed by atoms with Crippen molar-refractivity contribution < 1.29 is 9.13 Å². The first kappa shape index (κ1) is 18.5. The van der Waals surface area contributed by atoms with Crippen LogP contribution >= 0.6 is 0 Å². The van der Waals surface area contributed by atoms with E-state index in [1.165, 1.54) is 0 Å². The molecular formula is C22H21FN6O. The van der Waals surface area contributed by atoms with E-state index in [-0.39, 0.29) is 0 Å². The molecule has 0 aromatic carbocycles. The average Bonchev–Trinajstić information content (AvgIpc) is 3.52. The average molecular weight is 404 g/mol. The topological polar surface area (TPSA) is 88.6 Å². The highest BCUT2D eigenvalue weighted by Gasteiger charge is 2.28.